The normalized spacial score (nSPS) is 11.3. The highest BCUT2D eigenvalue weighted by molar-refractivity contribution is 7.80. The van der Waals surface area contributed by atoms with Crippen molar-refractivity contribution in [2.75, 3.05) is 5.32 Å². The molecule has 0 aliphatic rings. The Bertz CT molecular complexity index is 1310. The average Bonchev–Trinajstić information content (AvgIpc) is 3.23. The van der Waals surface area contributed by atoms with Gasteiger partial charge in [0.25, 0.3) is 0 Å². The zero-order valence-corrected chi connectivity index (χ0v) is 19.8. The summed E-state index contributed by atoms with van der Waals surface area (Å²) in [5.74, 6) is 0.813. The van der Waals surface area contributed by atoms with E-state index >= 15 is 0 Å². The van der Waals surface area contributed by atoms with Crippen LogP contribution in [0.1, 0.15) is 30.9 Å². The lowest BCUT2D eigenvalue weighted by molar-refractivity contribution is -0.115. The van der Waals surface area contributed by atoms with Crippen LogP contribution in [0.25, 0.3) is 28.5 Å². The maximum Gasteiger partial charge on any atom is 0.250 e. The van der Waals surface area contributed by atoms with Crippen molar-refractivity contribution in [1.82, 2.24) is 15.3 Å². The number of amides is 1. The summed E-state index contributed by atoms with van der Waals surface area (Å²) < 4.78 is 0. The van der Waals surface area contributed by atoms with Crippen LogP contribution < -0.4 is 10.6 Å². The molecule has 4 aromatic rings. The molecule has 5 nitrogen and oxygen atoms in total. The molecule has 3 aromatic carbocycles. The monoisotopic (exact) mass is 474 g/mol. The van der Waals surface area contributed by atoms with Crippen molar-refractivity contribution < 1.29 is 4.79 Å². The number of hydrogen-bond donors (Lipinski definition) is 3. The minimum atomic E-state index is -0.313. The van der Waals surface area contributed by atoms with Crippen LogP contribution in [0, 0.1) is 0 Å². The molecule has 0 bridgehead atoms. The first-order valence-corrected chi connectivity index (χ1v) is 11.3. The number of fused-ring (bicyclic) bond motifs is 1. The van der Waals surface area contributed by atoms with Gasteiger partial charge in [-0.05, 0) is 65.7 Å². The summed E-state index contributed by atoms with van der Waals surface area (Å²) in [6.45, 7) is 4.29. The zero-order chi connectivity index (χ0) is 23.4. The van der Waals surface area contributed by atoms with E-state index in [2.05, 4.69) is 46.6 Å². The van der Waals surface area contributed by atoms with Crippen LogP contribution >= 0.6 is 23.8 Å². The van der Waals surface area contributed by atoms with Crippen molar-refractivity contribution in [2.45, 2.75) is 19.8 Å². The first kappa shape index (κ1) is 22.7. The van der Waals surface area contributed by atoms with Gasteiger partial charge in [0.15, 0.2) is 5.11 Å². The molecule has 0 saturated carbocycles. The van der Waals surface area contributed by atoms with E-state index in [9.17, 15) is 4.79 Å². The quantitative estimate of drug-likeness (QED) is 0.227. The third-order valence-corrected chi connectivity index (χ3v) is 5.67. The number of anilines is 1. The summed E-state index contributed by atoms with van der Waals surface area (Å²) in [6, 6.07) is 21.3. The van der Waals surface area contributed by atoms with Gasteiger partial charge in [0.2, 0.25) is 5.91 Å². The molecule has 0 radical (unpaired) electrons. The Morgan fingerprint density at radius 1 is 1.09 bits per heavy atom. The molecule has 4 rings (SSSR count). The third-order valence-electron chi connectivity index (χ3n) is 5.14. The second-order valence-corrected chi connectivity index (χ2v) is 8.71. The number of aromatic amines is 1. The number of aromatic nitrogens is 2. The van der Waals surface area contributed by atoms with Crippen LogP contribution in [0.5, 0.6) is 0 Å². The Labute approximate surface area is 202 Å². The Hall–Kier alpha value is -3.48. The van der Waals surface area contributed by atoms with Gasteiger partial charge in [-0.1, -0.05) is 61.8 Å². The molecule has 3 N–H and O–H groups in total. The Balaban J connectivity index is 1.41. The second-order valence-electron chi connectivity index (χ2n) is 7.90. The Morgan fingerprint density at radius 2 is 1.85 bits per heavy atom. The molecule has 0 aliphatic heterocycles. The van der Waals surface area contributed by atoms with Gasteiger partial charge in [0.05, 0.1) is 16.1 Å². The van der Waals surface area contributed by atoms with E-state index in [4.69, 9.17) is 23.8 Å². The van der Waals surface area contributed by atoms with E-state index < -0.39 is 0 Å². The van der Waals surface area contributed by atoms with Crippen LogP contribution in [-0.2, 0) is 4.79 Å². The van der Waals surface area contributed by atoms with E-state index in [1.807, 2.05) is 42.5 Å². The molecule has 0 saturated heterocycles. The van der Waals surface area contributed by atoms with Crippen LogP contribution in [-0.4, -0.2) is 21.0 Å². The first-order chi connectivity index (χ1) is 15.9. The van der Waals surface area contributed by atoms with E-state index in [0.29, 0.717) is 22.5 Å². The SMILES string of the molecule is CC(C)c1ccc(/C=C/C(=O)NC(=S)Nc2ccc(Cl)c(-c3nc4ccccc4[nH]3)c2)cc1. The van der Waals surface area contributed by atoms with Gasteiger partial charge in [-0.25, -0.2) is 4.98 Å². The maximum absolute atomic E-state index is 12.3. The highest BCUT2D eigenvalue weighted by Crippen LogP contribution is 2.30. The smallest absolute Gasteiger partial charge is 0.250 e. The van der Waals surface area contributed by atoms with E-state index in [1.165, 1.54) is 11.6 Å². The number of imidazole rings is 1. The fourth-order valence-corrected chi connectivity index (χ4v) is 3.77. The number of nitrogens with one attached hydrogen (secondary N) is 3. The average molecular weight is 475 g/mol. The van der Waals surface area contributed by atoms with Crippen molar-refractivity contribution >= 4 is 57.6 Å². The highest BCUT2D eigenvalue weighted by Gasteiger charge is 2.11. The first-order valence-electron chi connectivity index (χ1n) is 10.5. The number of thiocarbonyl (C=S) groups is 1. The summed E-state index contributed by atoms with van der Waals surface area (Å²) in [5, 5.41) is 6.44. The number of carbonyl (C=O) groups is 1. The summed E-state index contributed by atoms with van der Waals surface area (Å²) in [5.41, 5.74) is 5.41. The van der Waals surface area contributed by atoms with Gasteiger partial charge in [-0.3, -0.25) is 10.1 Å². The van der Waals surface area contributed by atoms with E-state index in [0.717, 1.165) is 22.2 Å². The zero-order valence-electron chi connectivity index (χ0n) is 18.2. The van der Waals surface area contributed by atoms with Gasteiger partial charge in [-0.15, -0.1) is 0 Å². The largest absolute Gasteiger partial charge is 0.338 e. The van der Waals surface area contributed by atoms with E-state index in [1.54, 1.807) is 18.2 Å². The lowest BCUT2D eigenvalue weighted by Gasteiger charge is -2.10. The van der Waals surface area contributed by atoms with Gasteiger partial charge >= 0.3 is 0 Å². The minimum Gasteiger partial charge on any atom is -0.338 e. The van der Waals surface area contributed by atoms with Gasteiger partial charge in [0, 0.05) is 17.3 Å². The molecule has 1 amide bonds. The predicted octanol–water partition coefficient (Wildman–Crippen LogP) is 6.53. The van der Waals surface area contributed by atoms with Crippen LogP contribution in [0.4, 0.5) is 5.69 Å². The third kappa shape index (κ3) is 5.66. The Morgan fingerprint density at radius 3 is 2.58 bits per heavy atom. The summed E-state index contributed by atoms with van der Waals surface area (Å²) in [4.78, 5) is 20.1. The number of hydrogen-bond acceptors (Lipinski definition) is 3. The van der Waals surface area contributed by atoms with Crippen molar-refractivity contribution in [3.63, 3.8) is 0 Å². The molecule has 1 heterocycles. The van der Waals surface area contributed by atoms with Crippen molar-refractivity contribution in [2.24, 2.45) is 0 Å². The lowest BCUT2D eigenvalue weighted by atomic mass is 10.0. The van der Waals surface area contributed by atoms with Crippen LogP contribution in [0.15, 0.2) is 72.8 Å². The molecule has 7 heteroatoms. The number of benzene rings is 3. The van der Waals surface area contributed by atoms with Gasteiger partial charge < -0.3 is 10.3 Å². The lowest BCUT2D eigenvalue weighted by Crippen LogP contribution is -2.32. The number of carbonyl (C=O) groups excluding carboxylic acids is 1. The number of halogens is 1. The number of rotatable bonds is 5. The Kier molecular flexibility index (Phi) is 6.87. The van der Waals surface area contributed by atoms with Gasteiger partial charge in [-0.2, -0.15) is 0 Å². The van der Waals surface area contributed by atoms with Crippen LogP contribution in [0.2, 0.25) is 5.02 Å². The topological polar surface area (TPSA) is 69.8 Å². The molecule has 33 heavy (non-hydrogen) atoms. The number of H-pyrrole nitrogens is 1. The summed E-state index contributed by atoms with van der Waals surface area (Å²) in [6.07, 6.45) is 3.21. The number of para-hydroxylation sites is 2. The summed E-state index contributed by atoms with van der Waals surface area (Å²) in [7, 11) is 0. The number of nitrogens with zero attached hydrogens (tertiary/aromatic N) is 1. The fraction of sp³-hybridized carbons (Fsp3) is 0.115. The van der Waals surface area contributed by atoms with Crippen molar-refractivity contribution in [3.05, 3.63) is 89.0 Å². The molecule has 0 spiro atoms. The maximum atomic E-state index is 12.3. The second kappa shape index (κ2) is 9.98. The molecule has 1 aromatic heterocycles. The molecule has 166 valence electrons. The molecule has 0 unspecified atom stereocenters. The summed E-state index contributed by atoms with van der Waals surface area (Å²) >= 11 is 11.7. The van der Waals surface area contributed by atoms with E-state index in [-0.39, 0.29) is 11.0 Å². The molecule has 0 fully saturated rings. The van der Waals surface area contributed by atoms with Crippen molar-refractivity contribution in [1.29, 1.82) is 0 Å². The molecule has 0 atom stereocenters. The molecular weight excluding hydrogens is 452 g/mol. The molecular formula is C26H23ClN4OS. The van der Waals surface area contributed by atoms with Crippen molar-refractivity contribution in [3.8, 4) is 11.4 Å². The van der Waals surface area contributed by atoms with Gasteiger partial charge in [0.1, 0.15) is 5.82 Å². The minimum absolute atomic E-state index is 0.192. The standard InChI is InChI=1S/C26H23ClN4OS/c1-16(2)18-10-7-17(8-11-18)9-14-24(32)31-26(33)28-19-12-13-21(27)20(15-19)25-29-22-5-3-4-6-23(22)30-25/h3-16H,1-2H3,(H,29,30)(H2,28,31,32,33)/b14-9+. The van der Waals surface area contributed by atoms with Crippen LogP contribution in [0.3, 0.4) is 0 Å². The molecule has 0 aliphatic carbocycles. The predicted molar refractivity (Wildman–Crippen MR) is 140 cm³/mol. The highest BCUT2D eigenvalue weighted by atomic mass is 35.5. The fourth-order valence-electron chi connectivity index (χ4n) is 3.34.